The van der Waals surface area contributed by atoms with Gasteiger partial charge in [0.25, 0.3) is 5.91 Å². The molecule has 3 rings (SSSR count). The van der Waals surface area contributed by atoms with E-state index in [9.17, 15) is 13.2 Å². The Kier molecular flexibility index (Phi) is 5.22. The smallest absolute Gasteiger partial charge is 0.254 e. The summed E-state index contributed by atoms with van der Waals surface area (Å²) in [4.78, 5) is 15.1. The van der Waals surface area contributed by atoms with Crippen LogP contribution >= 0.6 is 0 Å². The average Bonchev–Trinajstić information content (AvgIpc) is 2.85. The first kappa shape index (κ1) is 17.4. The van der Waals surface area contributed by atoms with E-state index in [0.29, 0.717) is 11.6 Å². The fourth-order valence-corrected chi connectivity index (χ4v) is 4.75. The van der Waals surface area contributed by atoms with Crippen LogP contribution in [0.15, 0.2) is 29.2 Å². The van der Waals surface area contributed by atoms with Crippen molar-refractivity contribution in [2.75, 3.05) is 32.6 Å². The molecule has 7 heteroatoms. The zero-order valence-corrected chi connectivity index (χ0v) is 14.7. The summed E-state index contributed by atoms with van der Waals surface area (Å²) in [6.07, 6.45) is 3.07. The Labute approximate surface area is 143 Å². The van der Waals surface area contributed by atoms with Gasteiger partial charge in [-0.15, -0.1) is 0 Å². The molecule has 1 aromatic carbocycles. The molecule has 6 nitrogen and oxygen atoms in total. The predicted molar refractivity (Wildman–Crippen MR) is 90.8 cm³/mol. The molecule has 0 radical (unpaired) electrons. The number of sulfone groups is 1. The molecule has 2 atom stereocenters. The van der Waals surface area contributed by atoms with Crippen molar-refractivity contribution in [3.63, 3.8) is 0 Å². The number of carbonyl (C=O) groups excluding carboxylic acids is 1. The Morgan fingerprint density at radius 2 is 1.92 bits per heavy atom. The molecule has 132 valence electrons. The number of nitrogens with one attached hydrogen (secondary N) is 1. The third-order valence-electron chi connectivity index (χ3n) is 4.91. The van der Waals surface area contributed by atoms with Crippen molar-refractivity contribution < 1.29 is 17.9 Å². The van der Waals surface area contributed by atoms with Gasteiger partial charge in [0.05, 0.1) is 17.3 Å². The first-order valence-corrected chi connectivity index (χ1v) is 10.0. The van der Waals surface area contributed by atoms with Gasteiger partial charge in [-0.1, -0.05) is 0 Å². The highest BCUT2D eigenvalue weighted by molar-refractivity contribution is 7.91. The van der Waals surface area contributed by atoms with Crippen LogP contribution in [0, 0.1) is 0 Å². The van der Waals surface area contributed by atoms with Gasteiger partial charge in [-0.2, -0.15) is 0 Å². The lowest BCUT2D eigenvalue weighted by Gasteiger charge is -2.28. The summed E-state index contributed by atoms with van der Waals surface area (Å²) in [6, 6.07) is 6.84. The molecule has 0 aliphatic carbocycles. The van der Waals surface area contributed by atoms with E-state index in [4.69, 9.17) is 4.74 Å². The van der Waals surface area contributed by atoms with E-state index in [0.717, 1.165) is 32.4 Å². The molecule has 2 aliphatic rings. The second-order valence-corrected chi connectivity index (χ2v) is 8.54. The lowest BCUT2D eigenvalue weighted by molar-refractivity contribution is 0.0680. The minimum absolute atomic E-state index is 0.00652. The molecule has 1 aromatic rings. The summed E-state index contributed by atoms with van der Waals surface area (Å²) in [6.45, 7) is 1.94. The Bertz CT molecular complexity index is 673. The van der Waals surface area contributed by atoms with Crippen LogP contribution < -0.4 is 5.32 Å². The zero-order chi connectivity index (χ0) is 17.2. The van der Waals surface area contributed by atoms with Gasteiger partial charge >= 0.3 is 0 Å². The van der Waals surface area contributed by atoms with Crippen LogP contribution in [0.25, 0.3) is 0 Å². The highest BCUT2D eigenvalue weighted by Crippen LogP contribution is 2.29. The third kappa shape index (κ3) is 3.48. The maximum atomic E-state index is 12.9. The fourth-order valence-electron chi connectivity index (χ4n) is 3.58. The summed E-state index contributed by atoms with van der Waals surface area (Å²) in [5.41, 5.74) is 0.555. The molecule has 2 saturated heterocycles. The number of nitrogens with zero attached hydrogens (tertiary/aromatic N) is 1. The summed E-state index contributed by atoms with van der Waals surface area (Å²) in [5, 5.41) is 3.38. The van der Waals surface area contributed by atoms with Crippen LogP contribution in [-0.2, 0) is 14.6 Å². The molecule has 24 heavy (non-hydrogen) atoms. The van der Waals surface area contributed by atoms with E-state index in [1.807, 2.05) is 4.90 Å². The van der Waals surface area contributed by atoms with Gasteiger partial charge in [0.15, 0.2) is 9.84 Å². The number of amides is 1. The molecule has 2 unspecified atom stereocenters. The van der Waals surface area contributed by atoms with E-state index >= 15 is 0 Å². The number of benzene rings is 1. The van der Waals surface area contributed by atoms with E-state index in [2.05, 4.69) is 5.32 Å². The first-order chi connectivity index (χ1) is 11.5. The van der Waals surface area contributed by atoms with E-state index in [-0.39, 0.29) is 29.2 Å². The standard InChI is InChI=1S/C17H24N2O4S/c1-23-10-11-24(21,22)16-6-2-13(3-7-16)17(20)19-14-4-5-15(19)12-18-9-8-14/h2-3,6-7,14-15,18H,4-5,8-12H2,1H3. The van der Waals surface area contributed by atoms with Gasteiger partial charge in [-0.05, 0) is 50.1 Å². The van der Waals surface area contributed by atoms with Crippen LogP contribution in [0.1, 0.15) is 29.6 Å². The van der Waals surface area contributed by atoms with Gasteiger partial charge in [0, 0.05) is 31.3 Å². The number of fused-ring (bicyclic) bond motifs is 2. The summed E-state index contributed by atoms with van der Waals surface area (Å²) in [5.74, 6) is -0.0503. The monoisotopic (exact) mass is 352 g/mol. The largest absolute Gasteiger partial charge is 0.384 e. The highest BCUT2D eigenvalue weighted by atomic mass is 32.2. The van der Waals surface area contributed by atoms with Crippen LogP contribution in [0.4, 0.5) is 0 Å². The lowest BCUT2D eigenvalue weighted by Crippen LogP contribution is -2.42. The second kappa shape index (κ2) is 7.21. The summed E-state index contributed by atoms with van der Waals surface area (Å²) >= 11 is 0. The molecule has 0 aromatic heterocycles. The van der Waals surface area contributed by atoms with Crippen molar-refractivity contribution in [2.45, 2.75) is 36.2 Å². The predicted octanol–water partition coefficient (Wildman–Crippen LogP) is 1.07. The summed E-state index contributed by atoms with van der Waals surface area (Å²) < 4.78 is 29.1. The summed E-state index contributed by atoms with van der Waals surface area (Å²) in [7, 11) is -1.89. The highest BCUT2D eigenvalue weighted by Gasteiger charge is 2.38. The zero-order valence-electron chi connectivity index (χ0n) is 13.9. The van der Waals surface area contributed by atoms with Crippen molar-refractivity contribution in [3.05, 3.63) is 29.8 Å². The van der Waals surface area contributed by atoms with Gasteiger partial charge in [0.2, 0.25) is 0 Å². The minimum atomic E-state index is -3.36. The Morgan fingerprint density at radius 3 is 2.62 bits per heavy atom. The maximum Gasteiger partial charge on any atom is 0.254 e. The van der Waals surface area contributed by atoms with Crippen molar-refractivity contribution in [1.82, 2.24) is 10.2 Å². The number of ether oxygens (including phenoxy) is 1. The minimum Gasteiger partial charge on any atom is -0.384 e. The average molecular weight is 352 g/mol. The fraction of sp³-hybridized carbons (Fsp3) is 0.588. The number of methoxy groups -OCH3 is 1. The van der Waals surface area contributed by atoms with Gasteiger partial charge in [0.1, 0.15) is 0 Å². The van der Waals surface area contributed by atoms with Crippen LogP contribution in [0.3, 0.4) is 0 Å². The molecule has 0 saturated carbocycles. The van der Waals surface area contributed by atoms with Gasteiger partial charge < -0.3 is 15.0 Å². The van der Waals surface area contributed by atoms with Gasteiger partial charge in [-0.3, -0.25) is 4.79 Å². The molecule has 0 spiro atoms. The Hall–Kier alpha value is -1.44. The van der Waals surface area contributed by atoms with Crippen molar-refractivity contribution in [2.24, 2.45) is 0 Å². The molecule has 2 bridgehead atoms. The second-order valence-electron chi connectivity index (χ2n) is 6.43. The van der Waals surface area contributed by atoms with E-state index in [1.54, 1.807) is 12.1 Å². The number of carbonyl (C=O) groups is 1. The molecule has 2 fully saturated rings. The molecular weight excluding hydrogens is 328 g/mol. The lowest BCUT2D eigenvalue weighted by atomic mass is 10.1. The normalized spacial score (nSPS) is 24.0. The van der Waals surface area contributed by atoms with Crippen LogP contribution in [0.2, 0.25) is 0 Å². The van der Waals surface area contributed by atoms with Crippen LogP contribution in [0.5, 0.6) is 0 Å². The van der Waals surface area contributed by atoms with E-state index < -0.39 is 9.84 Å². The number of rotatable bonds is 5. The topological polar surface area (TPSA) is 75.7 Å². The quantitative estimate of drug-likeness (QED) is 0.858. The molecule has 1 N–H and O–H groups in total. The maximum absolute atomic E-state index is 12.9. The molecule has 2 heterocycles. The first-order valence-electron chi connectivity index (χ1n) is 8.38. The van der Waals surface area contributed by atoms with Crippen LogP contribution in [-0.4, -0.2) is 63.9 Å². The molecule has 2 aliphatic heterocycles. The van der Waals surface area contributed by atoms with Crippen molar-refractivity contribution in [3.8, 4) is 0 Å². The number of hydrogen-bond donors (Lipinski definition) is 1. The Balaban J connectivity index is 1.77. The Morgan fingerprint density at radius 1 is 1.21 bits per heavy atom. The van der Waals surface area contributed by atoms with Crippen molar-refractivity contribution >= 4 is 15.7 Å². The molecular formula is C17H24N2O4S. The number of hydrogen-bond acceptors (Lipinski definition) is 5. The van der Waals surface area contributed by atoms with E-state index in [1.165, 1.54) is 19.2 Å². The molecule has 1 amide bonds. The third-order valence-corrected chi connectivity index (χ3v) is 6.60. The van der Waals surface area contributed by atoms with Crippen molar-refractivity contribution in [1.29, 1.82) is 0 Å². The SMILES string of the molecule is COCCS(=O)(=O)c1ccc(C(=O)N2C3CCNCC2CC3)cc1. The van der Waals surface area contributed by atoms with Gasteiger partial charge in [-0.25, -0.2) is 8.42 Å².